The normalized spacial score (nSPS) is 23.2. The molecule has 0 unspecified atom stereocenters. The number of alkyl halides is 3. The molecule has 0 bridgehead atoms. The Morgan fingerprint density at radius 3 is 2.43 bits per heavy atom. The van der Waals surface area contributed by atoms with Crippen molar-refractivity contribution >= 4 is 17.5 Å². The molecule has 2 aliphatic heterocycles. The van der Waals surface area contributed by atoms with Crippen LogP contribution in [0, 0.1) is 10.8 Å². The quantitative estimate of drug-likeness (QED) is 0.581. The van der Waals surface area contributed by atoms with E-state index < -0.39 is 11.7 Å². The van der Waals surface area contributed by atoms with Gasteiger partial charge in [-0.1, -0.05) is 18.5 Å². The fraction of sp³-hybridized carbons (Fsp3) is 0.640. The Bertz CT molecular complexity index is 1200. The van der Waals surface area contributed by atoms with Crippen molar-refractivity contribution in [2.45, 2.75) is 77.2 Å². The topological polar surface area (TPSA) is 54.3 Å². The van der Waals surface area contributed by atoms with Gasteiger partial charge in [0.05, 0.1) is 12.2 Å². The molecule has 1 aromatic carbocycles. The van der Waals surface area contributed by atoms with Gasteiger partial charge in [-0.2, -0.15) is 13.2 Å². The van der Waals surface area contributed by atoms with Crippen molar-refractivity contribution in [3.63, 3.8) is 0 Å². The molecule has 2 aliphatic carbocycles. The molecular formula is C25H29ClF3N5O. The van der Waals surface area contributed by atoms with Crippen molar-refractivity contribution in [2.24, 2.45) is 10.8 Å². The largest absolute Gasteiger partial charge is 0.406 e. The molecule has 4 aliphatic rings. The first-order chi connectivity index (χ1) is 16.3. The van der Waals surface area contributed by atoms with Crippen molar-refractivity contribution in [2.75, 3.05) is 13.1 Å². The number of amides is 1. The third-order valence-electron chi connectivity index (χ3n) is 8.80. The van der Waals surface area contributed by atoms with Crippen LogP contribution in [-0.4, -0.2) is 55.3 Å². The van der Waals surface area contributed by atoms with Gasteiger partial charge < -0.3 is 4.90 Å². The summed E-state index contributed by atoms with van der Waals surface area (Å²) in [4.78, 5) is 16.0. The van der Waals surface area contributed by atoms with Gasteiger partial charge in [0.1, 0.15) is 11.4 Å². The number of hydrogen-bond donors (Lipinski definition) is 0. The maximum absolute atomic E-state index is 13.9. The van der Waals surface area contributed by atoms with Gasteiger partial charge in [0.25, 0.3) is 0 Å². The second kappa shape index (κ2) is 7.22. The average molecular weight is 508 g/mol. The number of hydrogen-bond acceptors (Lipinski definition) is 4. The van der Waals surface area contributed by atoms with E-state index in [1.165, 1.54) is 18.7 Å². The minimum absolute atomic E-state index is 0.0323. The van der Waals surface area contributed by atoms with Crippen LogP contribution in [0.5, 0.6) is 0 Å². The van der Waals surface area contributed by atoms with Crippen LogP contribution in [-0.2, 0) is 17.9 Å². The molecule has 1 spiro atoms. The van der Waals surface area contributed by atoms with Crippen molar-refractivity contribution in [3.05, 3.63) is 40.4 Å². The Kier molecular flexibility index (Phi) is 4.80. The summed E-state index contributed by atoms with van der Waals surface area (Å²) in [6, 6.07) is 5.35. The zero-order valence-corrected chi connectivity index (χ0v) is 20.9. The predicted molar refractivity (Wildman–Crippen MR) is 124 cm³/mol. The third kappa shape index (κ3) is 3.52. The number of carbonyl (C=O) groups excluding carboxylic acids is 1. The number of benzene rings is 1. The molecule has 2 aromatic rings. The summed E-state index contributed by atoms with van der Waals surface area (Å²) in [5.41, 5.74) is -0.541. The number of nitrogens with zero attached hydrogens (tertiary/aromatic N) is 5. The Balaban J connectivity index is 1.27. The first-order valence-corrected chi connectivity index (χ1v) is 12.5. The molecule has 0 radical (unpaired) electrons. The van der Waals surface area contributed by atoms with Crippen LogP contribution in [0.4, 0.5) is 13.2 Å². The second-order valence-corrected chi connectivity index (χ2v) is 12.3. The summed E-state index contributed by atoms with van der Waals surface area (Å²) in [5.74, 6) is 1.74. The van der Waals surface area contributed by atoms with Gasteiger partial charge in [0.2, 0.25) is 5.91 Å². The Hall–Kier alpha value is -2.13. The molecule has 1 saturated heterocycles. The first-order valence-electron chi connectivity index (χ1n) is 12.2. The lowest BCUT2D eigenvalue weighted by Gasteiger charge is -2.59. The van der Waals surface area contributed by atoms with Crippen molar-refractivity contribution in [3.8, 4) is 5.69 Å². The average Bonchev–Trinajstić information content (AvgIpc) is 3.38. The molecule has 0 atom stereocenters. The molecule has 3 heterocycles. The molecule has 10 heteroatoms. The fourth-order valence-electron chi connectivity index (χ4n) is 5.98. The van der Waals surface area contributed by atoms with E-state index in [0.29, 0.717) is 10.8 Å². The molecule has 1 amide bonds. The molecular weight excluding hydrogens is 479 g/mol. The van der Waals surface area contributed by atoms with E-state index in [9.17, 15) is 18.0 Å². The number of likely N-dealkylation sites (tertiary alicyclic amines) is 1. The van der Waals surface area contributed by atoms with Crippen molar-refractivity contribution in [1.82, 2.24) is 24.6 Å². The number of aromatic nitrogens is 3. The molecule has 6 nitrogen and oxygen atoms in total. The van der Waals surface area contributed by atoms with Gasteiger partial charge in [0, 0.05) is 41.4 Å². The second-order valence-electron chi connectivity index (χ2n) is 11.8. The van der Waals surface area contributed by atoms with Crippen LogP contribution in [0.1, 0.15) is 69.6 Å². The summed E-state index contributed by atoms with van der Waals surface area (Å²) in [5, 5.41) is 9.33. The number of carbonyl (C=O) groups is 1. The smallest absolute Gasteiger partial charge is 0.341 e. The lowest BCUT2D eigenvalue weighted by Crippen LogP contribution is -2.64. The Labute approximate surface area is 207 Å². The van der Waals surface area contributed by atoms with E-state index in [4.69, 9.17) is 11.6 Å². The van der Waals surface area contributed by atoms with Gasteiger partial charge in [0.15, 0.2) is 5.82 Å². The van der Waals surface area contributed by atoms with Crippen molar-refractivity contribution in [1.29, 1.82) is 0 Å². The zero-order chi connectivity index (χ0) is 25.0. The van der Waals surface area contributed by atoms with Crippen molar-refractivity contribution < 1.29 is 18.0 Å². The molecule has 2 saturated carbocycles. The van der Waals surface area contributed by atoms with Gasteiger partial charge in [-0.15, -0.1) is 10.2 Å². The molecule has 0 N–H and O–H groups in total. The van der Waals surface area contributed by atoms with E-state index in [1.54, 1.807) is 12.1 Å². The van der Waals surface area contributed by atoms with Crippen LogP contribution in [0.2, 0.25) is 5.02 Å². The van der Waals surface area contributed by atoms with Crippen LogP contribution in [0.3, 0.4) is 0 Å². The Morgan fingerprint density at radius 1 is 1.11 bits per heavy atom. The van der Waals surface area contributed by atoms with Crippen LogP contribution >= 0.6 is 11.6 Å². The van der Waals surface area contributed by atoms with Gasteiger partial charge in [-0.25, -0.2) is 0 Å². The lowest BCUT2D eigenvalue weighted by atomic mass is 9.57. The Morgan fingerprint density at radius 2 is 1.80 bits per heavy atom. The predicted octanol–water partition coefficient (Wildman–Crippen LogP) is 5.08. The highest BCUT2D eigenvalue weighted by Gasteiger charge is 2.59. The van der Waals surface area contributed by atoms with Gasteiger partial charge in [-0.3, -0.25) is 14.3 Å². The highest BCUT2D eigenvalue weighted by atomic mass is 35.5. The van der Waals surface area contributed by atoms with E-state index >= 15 is 0 Å². The standard InChI is InChI=1S/C25H29ClF3N5O/c1-22(2,25(27,28)29)33-11-15-8-17(26)4-5-18(15)34-19(12-33)30-31-20(34)16-9-24(10-16)13-32(14-24)21(35)23(3)6-7-23/h4-5,8,16H,6-7,9-14H2,1-3H3. The number of halogens is 4. The summed E-state index contributed by atoms with van der Waals surface area (Å²) in [7, 11) is 0. The highest BCUT2D eigenvalue weighted by Crippen LogP contribution is 2.58. The van der Waals surface area contributed by atoms with E-state index in [2.05, 4.69) is 10.2 Å². The highest BCUT2D eigenvalue weighted by molar-refractivity contribution is 6.30. The summed E-state index contributed by atoms with van der Waals surface area (Å²) in [6.07, 6.45) is -0.626. The van der Waals surface area contributed by atoms with E-state index in [0.717, 1.165) is 55.8 Å². The van der Waals surface area contributed by atoms with E-state index in [1.807, 2.05) is 22.5 Å². The van der Waals surface area contributed by atoms with Gasteiger partial charge >= 0.3 is 6.18 Å². The monoisotopic (exact) mass is 507 g/mol. The summed E-state index contributed by atoms with van der Waals surface area (Å²) in [6.45, 7) is 6.16. The summed E-state index contributed by atoms with van der Waals surface area (Å²) < 4.78 is 43.8. The fourth-order valence-corrected chi connectivity index (χ4v) is 6.18. The SMILES string of the molecule is CC1(C(=O)N2CC3(CC(c4nnc5n4-c4ccc(Cl)cc4CN(C(C)(C)C(F)(F)F)C5)C3)C2)CC1. The summed E-state index contributed by atoms with van der Waals surface area (Å²) >= 11 is 6.25. The minimum atomic E-state index is -4.41. The van der Waals surface area contributed by atoms with Gasteiger partial charge in [-0.05, 0) is 63.3 Å². The lowest BCUT2D eigenvalue weighted by molar-refractivity contribution is -0.224. The number of rotatable bonds is 3. The first kappa shape index (κ1) is 23.3. The third-order valence-corrected chi connectivity index (χ3v) is 9.03. The molecule has 35 heavy (non-hydrogen) atoms. The number of fused-ring (bicyclic) bond motifs is 3. The van der Waals surface area contributed by atoms with Crippen LogP contribution in [0.25, 0.3) is 5.69 Å². The van der Waals surface area contributed by atoms with E-state index in [-0.39, 0.29) is 35.7 Å². The molecule has 188 valence electrons. The minimum Gasteiger partial charge on any atom is -0.341 e. The maximum atomic E-state index is 13.9. The van der Waals surface area contributed by atoms with Crippen LogP contribution < -0.4 is 0 Å². The maximum Gasteiger partial charge on any atom is 0.406 e. The zero-order valence-electron chi connectivity index (χ0n) is 20.1. The van der Waals surface area contributed by atoms with Crippen LogP contribution in [0.15, 0.2) is 18.2 Å². The molecule has 6 rings (SSSR count). The molecule has 1 aromatic heterocycles. The molecule has 3 fully saturated rings.